The Labute approximate surface area is 187 Å². The average molecular weight is 443 g/mol. The first-order chi connectivity index (χ1) is 14.9. The van der Waals surface area contributed by atoms with Gasteiger partial charge in [-0.15, -0.1) is 13.2 Å². The van der Waals surface area contributed by atoms with Crippen molar-refractivity contribution in [1.82, 2.24) is 14.0 Å². The molecule has 0 atom stereocenters. The molecule has 0 radical (unpaired) electrons. The van der Waals surface area contributed by atoms with E-state index in [2.05, 4.69) is 33.2 Å². The van der Waals surface area contributed by atoms with Crippen LogP contribution in [0.5, 0.6) is 11.5 Å². The second-order valence-corrected chi connectivity index (χ2v) is 11.1. The lowest BCUT2D eigenvalue weighted by Gasteiger charge is -2.41. The summed E-state index contributed by atoms with van der Waals surface area (Å²) in [5.41, 5.74) is 2.16. The van der Waals surface area contributed by atoms with Crippen LogP contribution in [-0.4, -0.2) is 56.0 Å². The normalized spacial score (nSPS) is 11.6. The van der Waals surface area contributed by atoms with Crippen LogP contribution in [0, 0.1) is 0 Å². The average Bonchev–Trinajstić information content (AvgIpc) is 2.74. The zero-order valence-corrected chi connectivity index (χ0v) is 20.3. The van der Waals surface area contributed by atoms with Crippen LogP contribution < -0.4 is 9.57 Å². The summed E-state index contributed by atoms with van der Waals surface area (Å²) in [6, 6.07) is 15.9. The topological polar surface area (TPSA) is 40.5 Å². The van der Waals surface area contributed by atoms with Crippen molar-refractivity contribution in [3.05, 3.63) is 85.0 Å². The molecule has 0 aliphatic heterocycles. The Bertz CT molecular complexity index is 915. The van der Waals surface area contributed by atoms with E-state index in [9.17, 15) is 0 Å². The van der Waals surface area contributed by atoms with E-state index < -0.39 is 7.51 Å². The summed E-state index contributed by atoms with van der Waals surface area (Å²) in [5, 5.41) is 0. The predicted molar refractivity (Wildman–Crippen MR) is 131 cm³/mol. The number of ether oxygens (including phenoxy) is 1. The second kappa shape index (κ2) is 11.9. The molecule has 0 aliphatic rings. The molecule has 0 heterocycles. The maximum absolute atomic E-state index is 6.20. The van der Waals surface area contributed by atoms with Gasteiger partial charge in [0.25, 0.3) is 0 Å². The Morgan fingerprint density at radius 2 is 1.29 bits per heavy atom. The van der Waals surface area contributed by atoms with Crippen LogP contribution in [0.25, 0.3) is 0 Å². The van der Waals surface area contributed by atoms with Gasteiger partial charge in [0.15, 0.2) is 5.75 Å². The van der Waals surface area contributed by atoms with Crippen LogP contribution in [0.4, 0.5) is 0 Å². The summed E-state index contributed by atoms with van der Waals surface area (Å²) in [7, 11) is 7.68. The van der Waals surface area contributed by atoms with Gasteiger partial charge < -0.3 is 9.57 Å². The van der Waals surface area contributed by atoms with Gasteiger partial charge in [-0.2, -0.15) is 0 Å². The van der Waals surface area contributed by atoms with Crippen molar-refractivity contribution in [3.8, 4) is 11.5 Å². The van der Waals surface area contributed by atoms with Gasteiger partial charge in [-0.1, -0.05) is 53.5 Å². The summed E-state index contributed by atoms with van der Waals surface area (Å²) in [6.07, 6.45) is 5.23. The Morgan fingerprint density at radius 1 is 0.806 bits per heavy atom. The minimum Gasteiger partial charge on any atom is -0.477 e. The van der Waals surface area contributed by atoms with Crippen LogP contribution in [0.3, 0.4) is 0 Å². The first kappa shape index (κ1) is 24.9. The van der Waals surface area contributed by atoms with Crippen LogP contribution >= 0.6 is 7.51 Å². The lowest BCUT2D eigenvalue weighted by molar-refractivity contribution is 0.206. The van der Waals surface area contributed by atoms with Gasteiger partial charge in [-0.25, -0.2) is 14.0 Å². The van der Waals surface area contributed by atoms with Crippen LogP contribution in [0.2, 0.25) is 0 Å². The largest absolute Gasteiger partial charge is 0.477 e. The molecule has 0 aliphatic carbocycles. The van der Waals surface area contributed by atoms with E-state index in [0.717, 1.165) is 35.5 Å². The molecule has 168 valence electrons. The Kier molecular flexibility index (Phi) is 9.53. The van der Waals surface area contributed by atoms with E-state index in [1.54, 1.807) is 0 Å². The molecule has 2 rings (SSSR count). The molecule has 0 fully saturated rings. The van der Waals surface area contributed by atoms with Gasteiger partial charge in [0, 0.05) is 5.56 Å². The molecule has 0 saturated heterocycles. The third kappa shape index (κ3) is 6.08. The molecule has 2 aromatic rings. The van der Waals surface area contributed by atoms with Crippen molar-refractivity contribution in [3.63, 3.8) is 0 Å². The number of allylic oxidation sites excluding steroid dienone is 2. The van der Waals surface area contributed by atoms with E-state index in [-0.39, 0.29) is 0 Å². The number of nitrogens with zero attached hydrogens (tertiary/aromatic N) is 4. The highest BCUT2D eigenvalue weighted by atomic mass is 31.2. The van der Waals surface area contributed by atoms with Gasteiger partial charge in [-0.3, -0.25) is 0 Å². The molecule has 7 heteroatoms. The van der Waals surface area contributed by atoms with Crippen molar-refractivity contribution < 1.29 is 9.57 Å². The summed E-state index contributed by atoms with van der Waals surface area (Å²) in [6.45, 7) is 8.04. The quantitative estimate of drug-likeness (QED) is 0.189. The zero-order chi connectivity index (χ0) is 22.9. The van der Waals surface area contributed by atoms with Crippen molar-refractivity contribution >= 4 is 7.51 Å². The second-order valence-electron chi connectivity index (χ2n) is 7.54. The lowest BCUT2D eigenvalue weighted by Crippen LogP contribution is -2.35. The molecule has 0 unspecified atom stereocenters. The van der Waals surface area contributed by atoms with Gasteiger partial charge in [0.1, 0.15) is 12.5 Å². The summed E-state index contributed by atoms with van der Waals surface area (Å²) in [5.74, 6) is 1.59. The summed E-state index contributed by atoms with van der Waals surface area (Å²) < 4.78 is 12.5. The van der Waals surface area contributed by atoms with Crippen molar-refractivity contribution in [2.75, 3.05) is 42.0 Å². The third-order valence-electron chi connectivity index (χ3n) is 4.86. The Balaban J connectivity index is 2.34. The highest BCUT2D eigenvalue weighted by molar-refractivity contribution is 7.58. The lowest BCUT2D eigenvalue weighted by atomic mass is 10.1. The summed E-state index contributed by atoms with van der Waals surface area (Å²) >= 11 is 0. The van der Waals surface area contributed by atoms with E-state index in [1.165, 1.54) is 0 Å². The first-order valence-electron chi connectivity index (χ1n) is 10.2. The third-order valence-corrected chi connectivity index (χ3v) is 8.34. The predicted octanol–water partition coefficient (Wildman–Crippen LogP) is 5.48. The number of hydrogen-bond acceptors (Lipinski definition) is 3. The highest BCUT2D eigenvalue weighted by Gasteiger charge is 2.33. The minimum atomic E-state index is -2.37. The number of hydrogen-bond donors (Lipinski definition) is 0. The van der Waals surface area contributed by atoms with Crippen molar-refractivity contribution in [2.24, 2.45) is 4.91 Å². The molecule has 0 N–H and O–H groups in total. The fourth-order valence-corrected chi connectivity index (χ4v) is 6.17. The van der Waals surface area contributed by atoms with Gasteiger partial charge >= 0.3 is 0 Å². The maximum Gasteiger partial charge on any atom is 0.213 e. The van der Waals surface area contributed by atoms with E-state index in [0.29, 0.717) is 6.73 Å². The van der Waals surface area contributed by atoms with Gasteiger partial charge in [-0.05, 0) is 65.8 Å². The van der Waals surface area contributed by atoms with Crippen LogP contribution in [0.1, 0.15) is 11.1 Å². The van der Waals surface area contributed by atoms with Crippen molar-refractivity contribution in [2.45, 2.75) is 12.8 Å². The molecular weight excluding hydrogens is 407 g/mol. The molecule has 31 heavy (non-hydrogen) atoms. The van der Waals surface area contributed by atoms with Gasteiger partial charge in [0.2, 0.25) is 7.51 Å². The summed E-state index contributed by atoms with van der Waals surface area (Å²) in [4.78, 5) is 10.8. The minimum absolute atomic E-state index is 0.361. The van der Waals surface area contributed by atoms with E-state index >= 15 is 0 Å². The van der Waals surface area contributed by atoms with Gasteiger partial charge in [0.05, 0.1) is 0 Å². The monoisotopic (exact) mass is 442 g/mol. The maximum atomic E-state index is 6.20. The first-order valence-corrected chi connectivity index (χ1v) is 11.8. The fraction of sp³-hybridized carbons (Fsp3) is 0.333. The SMILES string of the molecule is C=CCc1ccccc1OCN(C)P(=NOc1ccccc1CC=C)(N(C)C)N(C)C. The highest BCUT2D eigenvalue weighted by Crippen LogP contribution is 2.55. The Hall–Kier alpha value is -2.37. The van der Waals surface area contributed by atoms with Crippen molar-refractivity contribution in [1.29, 1.82) is 0 Å². The fourth-order valence-electron chi connectivity index (χ4n) is 3.40. The molecule has 0 saturated carbocycles. The molecule has 2 aromatic carbocycles. The molecular formula is C24H35N4O2P. The van der Waals surface area contributed by atoms with E-state index in [1.807, 2.05) is 89.9 Å². The van der Waals surface area contributed by atoms with E-state index in [4.69, 9.17) is 14.5 Å². The molecule has 6 nitrogen and oxygen atoms in total. The standard InChI is InChI=1S/C24H35N4O2P/c1-8-14-21-16-10-12-18-23(21)29-20-28(7)31(26(3)4,27(5)6)25-30-24-19-13-11-17-22(24)15-9-2/h8-13,16-19H,1-2,14-15,20H2,3-7H3. The molecule has 0 bridgehead atoms. The van der Waals surface area contributed by atoms with Crippen LogP contribution in [-0.2, 0) is 12.8 Å². The number of rotatable bonds is 12. The molecule has 0 amide bonds. The number of benzene rings is 2. The molecule has 0 aromatic heterocycles. The Morgan fingerprint density at radius 3 is 1.81 bits per heavy atom. The number of para-hydroxylation sites is 2. The van der Waals surface area contributed by atoms with Crippen LogP contribution in [0.15, 0.2) is 78.7 Å². The zero-order valence-electron chi connectivity index (χ0n) is 19.4. The smallest absolute Gasteiger partial charge is 0.213 e. The molecule has 0 spiro atoms.